The number of carboxylic acid groups (broad SMARTS) is 1. The highest BCUT2D eigenvalue weighted by Crippen LogP contribution is 2.30. The molecule has 0 aromatic carbocycles. The topological polar surface area (TPSA) is 92.4 Å². The minimum atomic E-state index is -0.981. The molecule has 0 aliphatic carbocycles. The molecule has 1 aromatic rings. The molecule has 1 rings (SSSR count). The molecular formula is C12H18N2O4. The van der Waals surface area contributed by atoms with Gasteiger partial charge in [0.15, 0.2) is 5.76 Å². The van der Waals surface area contributed by atoms with Crippen LogP contribution in [-0.2, 0) is 16.1 Å². The number of hydrogen-bond acceptors (Lipinski definition) is 4. The summed E-state index contributed by atoms with van der Waals surface area (Å²) in [5.74, 6) is -0.683. The van der Waals surface area contributed by atoms with E-state index >= 15 is 0 Å². The number of aliphatic carboxylic acids is 1. The zero-order chi connectivity index (χ0) is 13.6. The summed E-state index contributed by atoms with van der Waals surface area (Å²) in [6, 6.07) is 1.64. The van der Waals surface area contributed by atoms with Gasteiger partial charge >= 0.3 is 5.97 Å². The normalized spacial score (nSPS) is 11.2. The first-order valence-corrected chi connectivity index (χ1v) is 5.93. The molecule has 0 bridgehead atoms. The highest BCUT2D eigenvalue weighted by molar-refractivity contribution is 5.84. The van der Waals surface area contributed by atoms with Crippen molar-refractivity contribution < 1.29 is 19.2 Å². The molecule has 1 heterocycles. The SMILES string of the molecule is CCC(CC)(CC(=O)NCc1ccno1)C(=O)O. The van der Waals surface area contributed by atoms with E-state index in [4.69, 9.17) is 4.52 Å². The number of carbonyl (C=O) groups excluding carboxylic acids is 1. The number of carboxylic acids is 1. The van der Waals surface area contributed by atoms with Gasteiger partial charge in [0.2, 0.25) is 5.91 Å². The quantitative estimate of drug-likeness (QED) is 0.770. The van der Waals surface area contributed by atoms with Gasteiger partial charge < -0.3 is 14.9 Å². The Kier molecular flexibility index (Phi) is 4.88. The summed E-state index contributed by atoms with van der Waals surface area (Å²) in [6.07, 6.45) is 2.31. The van der Waals surface area contributed by atoms with E-state index in [1.165, 1.54) is 6.20 Å². The molecule has 6 nitrogen and oxygen atoms in total. The highest BCUT2D eigenvalue weighted by atomic mass is 16.5. The fourth-order valence-electron chi connectivity index (χ4n) is 1.77. The number of aromatic nitrogens is 1. The predicted molar refractivity (Wildman–Crippen MR) is 63.6 cm³/mol. The van der Waals surface area contributed by atoms with Crippen molar-refractivity contribution in [1.29, 1.82) is 0 Å². The lowest BCUT2D eigenvalue weighted by Crippen LogP contribution is -2.36. The van der Waals surface area contributed by atoms with E-state index in [1.54, 1.807) is 19.9 Å². The van der Waals surface area contributed by atoms with Crippen LogP contribution < -0.4 is 5.32 Å². The molecule has 6 heteroatoms. The molecule has 0 aliphatic heterocycles. The third kappa shape index (κ3) is 3.32. The molecule has 0 spiro atoms. The zero-order valence-electron chi connectivity index (χ0n) is 10.6. The van der Waals surface area contributed by atoms with E-state index in [-0.39, 0.29) is 18.9 Å². The van der Waals surface area contributed by atoms with Gasteiger partial charge in [0.05, 0.1) is 18.2 Å². The minimum Gasteiger partial charge on any atom is -0.481 e. The summed E-state index contributed by atoms with van der Waals surface area (Å²) >= 11 is 0. The Bertz CT molecular complexity index is 396. The molecule has 0 radical (unpaired) electrons. The van der Waals surface area contributed by atoms with E-state index in [2.05, 4.69) is 10.5 Å². The fourth-order valence-corrected chi connectivity index (χ4v) is 1.77. The minimum absolute atomic E-state index is 0.0243. The third-order valence-electron chi connectivity index (χ3n) is 3.26. The standard InChI is InChI=1S/C12H18N2O4/c1-3-12(4-2,11(16)17)7-10(15)13-8-9-5-6-14-18-9/h5-6H,3-4,7-8H2,1-2H3,(H,13,15)(H,16,17). The largest absolute Gasteiger partial charge is 0.481 e. The maximum atomic E-state index is 11.7. The first kappa shape index (κ1) is 14.2. The fraction of sp³-hybridized carbons (Fsp3) is 0.583. The zero-order valence-corrected chi connectivity index (χ0v) is 10.6. The molecule has 2 N–H and O–H groups in total. The van der Waals surface area contributed by atoms with Crippen LogP contribution in [-0.4, -0.2) is 22.1 Å². The van der Waals surface area contributed by atoms with Crippen LogP contribution in [0.4, 0.5) is 0 Å². The van der Waals surface area contributed by atoms with Crippen LogP contribution in [0.5, 0.6) is 0 Å². The molecule has 0 atom stereocenters. The number of nitrogens with one attached hydrogen (secondary N) is 1. The lowest BCUT2D eigenvalue weighted by Gasteiger charge is -2.25. The summed E-state index contributed by atoms with van der Waals surface area (Å²) in [4.78, 5) is 23.0. The van der Waals surface area contributed by atoms with E-state index in [9.17, 15) is 14.7 Å². The van der Waals surface area contributed by atoms with Gasteiger partial charge in [-0.2, -0.15) is 0 Å². The number of rotatable bonds is 7. The number of nitrogens with zero attached hydrogens (tertiary/aromatic N) is 1. The van der Waals surface area contributed by atoms with Gasteiger partial charge in [0.1, 0.15) is 0 Å². The number of amides is 1. The van der Waals surface area contributed by atoms with Gasteiger partial charge in [-0.3, -0.25) is 9.59 Å². The molecule has 0 saturated heterocycles. The second-order valence-electron chi connectivity index (χ2n) is 4.22. The van der Waals surface area contributed by atoms with Crippen LogP contribution >= 0.6 is 0 Å². The molecule has 1 aromatic heterocycles. The van der Waals surface area contributed by atoms with Crippen molar-refractivity contribution >= 4 is 11.9 Å². The summed E-state index contributed by atoms with van der Waals surface area (Å²) in [5, 5.41) is 15.4. The Morgan fingerprint density at radius 1 is 1.44 bits per heavy atom. The van der Waals surface area contributed by atoms with Crippen molar-refractivity contribution in [2.75, 3.05) is 0 Å². The molecule has 18 heavy (non-hydrogen) atoms. The lowest BCUT2D eigenvalue weighted by molar-refractivity contribution is -0.152. The van der Waals surface area contributed by atoms with Crippen molar-refractivity contribution in [1.82, 2.24) is 10.5 Å². The van der Waals surface area contributed by atoms with E-state index in [0.29, 0.717) is 18.6 Å². The molecule has 0 saturated carbocycles. The molecule has 100 valence electrons. The van der Waals surface area contributed by atoms with Gasteiger partial charge in [-0.1, -0.05) is 19.0 Å². The van der Waals surface area contributed by atoms with Crippen LogP contribution in [0.15, 0.2) is 16.8 Å². The van der Waals surface area contributed by atoms with Crippen LogP contribution in [0.2, 0.25) is 0 Å². The van der Waals surface area contributed by atoms with Gasteiger partial charge in [0.25, 0.3) is 0 Å². The smallest absolute Gasteiger partial charge is 0.310 e. The second kappa shape index (κ2) is 6.18. The van der Waals surface area contributed by atoms with Gasteiger partial charge in [-0.15, -0.1) is 0 Å². The van der Waals surface area contributed by atoms with Crippen molar-refractivity contribution in [2.45, 2.75) is 39.7 Å². The summed E-state index contributed by atoms with van der Waals surface area (Å²) < 4.78 is 4.83. The summed E-state index contributed by atoms with van der Waals surface area (Å²) in [6.45, 7) is 3.78. The summed E-state index contributed by atoms with van der Waals surface area (Å²) in [5.41, 5.74) is -0.981. The van der Waals surface area contributed by atoms with E-state index in [1.807, 2.05) is 0 Å². The first-order chi connectivity index (χ1) is 8.54. The Morgan fingerprint density at radius 2 is 2.11 bits per heavy atom. The van der Waals surface area contributed by atoms with Crippen molar-refractivity contribution in [3.05, 3.63) is 18.0 Å². The third-order valence-corrected chi connectivity index (χ3v) is 3.26. The Balaban J connectivity index is 2.54. The summed E-state index contributed by atoms with van der Waals surface area (Å²) in [7, 11) is 0. The highest BCUT2D eigenvalue weighted by Gasteiger charge is 2.37. The molecular weight excluding hydrogens is 236 g/mol. The number of carbonyl (C=O) groups is 2. The molecule has 0 aliphatic rings. The lowest BCUT2D eigenvalue weighted by atomic mass is 9.79. The average molecular weight is 254 g/mol. The molecule has 0 fully saturated rings. The van der Waals surface area contributed by atoms with Crippen molar-refractivity contribution in [2.24, 2.45) is 5.41 Å². The van der Waals surface area contributed by atoms with Crippen LogP contribution in [0, 0.1) is 5.41 Å². The van der Waals surface area contributed by atoms with Crippen molar-refractivity contribution in [3.63, 3.8) is 0 Å². The maximum Gasteiger partial charge on any atom is 0.310 e. The Morgan fingerprint density at radius 3 is 2.56 bits per heavy atom. The maximum absolute atomic E-state index is 11.7. The van der Waals surface area contributed by atoms with E-state index < -0.39 is 11.4 Å². The van der Waals surface area contributed by atoms with Gasteiger partial charge in [-0.25, -0.2) is 0 Å². The average Bonchev–Trinajstić information content (AvgIpc) is 2.86. The van der Waals surface area contributed by atoms with Gasteiger partial charge in [0, 0.05) is 12.5 Å². The van der Waals surface area contributed by atoms with Crippen LogP contribution in [0.3, 0.4) is 0 Å². The van der Waals surface area contributed by atoms with Crippen molar-refractivity contribution in [3.8, 4) is 0 Å². The monoisotopic (exact) mass is 254 g/mol. The van der Waals surface area contributed by atoms with Crippen LogP contribution in [0.1, 0.15) is 38.9 Å². The Hall–Kier alpha value is -1.85. The van der Waals surface area contributed by atoms with Crippen LogP contribution in [0.25, 0.3) is 0 Å². The first-order valence-electron chi connectivity index (χ1n) is 5.93. The second-order valence-corrected chi connectivity index (χ2v) is 4.22. The predicted octanol–water partition coefficient (Wildman–Crippen LogP) is 1.57. The Labute approximate surface area is 105 Å². The molecule has 0 unspecified atom stereocenters. The van der Waals surface area contributed by atoms with Gasteiger partial charge in [-0.05, 0) is 12.8 Å². The van der Waals surface area contributed by atoms with E-state index in [0.717, 1.165) is 0 Å². The number of hydrogen-bond donors (Lipinski definition) is 2. The molecule has 1 amide bonds.